The lowest BCUT2D eigenvalue weighted by Crippen LogP contribution is -2.39. The molecule has 1 aliphatic carbocycles. The Labute approximate surface area is 110 Å². The highest BCUT2D eigenvalue weighted by Gasteiger charge is 2.22. The molecule has 0 unspecified atom stereocenters. The number of aryl methyl sites for hydroxylation is 1. The van der Waals surface area contributed by atoms with Crippen LogP contribution < -0.4 is 10.6 Å². The third-order valence-electron chi connectivity index (χ3n) is 3.89. The maximum atomic E-state index is 9.31. The predicted octanol–water partition coefficient (Wildman–Crippen LogP) is 2.71. The van der Waals surface area contributed by atoms with E-state index in [-0.39, 0.29) is 6.61 Å². The number of hydrogen-bond acceptors (Lipinski definition) is 3. The van der Waals surface area contributed by atoms with Crippen molar-refractivity contribution in [3.63, 3.8) is 0 Å². The molecule has 3 heteroatoms. The first kappa shape index (κ1) is 13.2. The van der Waals surface area contributed by atoms with Gasteiger partial charge in [-0.15, -0.1) is 0 Å². The molecule has 0 heterocycles. The molecule has 2 rings (SSSR count). The van der Waals surface area contributed by atoms with E-state index in [1.165, 1.54) is 43.4 Å². The standard InChI is InChI=1S/C15H24N2O/c1-12-11-13(16)7-8-15(12)17(9-10-18)14-5-3-2-4-6-14/h7-8,11,14,18H,2-6,9-10,16H2,1H3. The highest BCUT2D eigenvalue weighted by Crippen LogP contribution is 2.30. The third kappa shape index (κ3) is 2.96. The Morgan fingerprint density at radius 1 is 1.28 bits per heavy atom. The molecule has 18 heavy (non-hydrogen) atoms. The Morgan fingerprint density at radius 2 is 2.00 bits per heavy atom. The van der Waals surface area contributed by atoms with Crippen molar-refractivity contribution in [2.75, 3.05) is 23.8 Å². The fourth-order valence-electron chi connectivity index (χ4n) is 3.00. The summed E-state index contributed by atoms with van der Waals surface area (Å²) in [5.74, 6) is 0. The summed E-state index contributed by atoms with van der Waals surface area (Å²) < 4.78 is 0. The molecule has 0 bridgehead atoms. The summed E-state index contributed by atoms with van der Waals surface area (Å²) in [5.41, 5.74) is 9.05. The maximum absolute atomic E-state index is 9.31. The lowest BCUT2D eigenvalue weighted by molar-refractivity contribution is 0.290. The van der Waals surface area contributed by atoms with Crippen molar-refractivity contribution in [3.8, 4) is 0 Å². The van der Waals surface area contributed by atoms with E-state index in [2.05, 4.69) is 17.9 Å². The number of nitrogens with zero attached hydrogens (tertiary/aromatic N) is 1. The lowest BCUT2D eigenvalue weighted by Gasteiger charge is -2.36. The van der Waals surface area contributed by atoms with Gasteiger partial charge in [-0.25, -0.2) is 0 Å². The fraction of sp³-hybridized carbons (Fsp3) is 0.600. The molecule has 3 N–H and O–H groups in total. The normalized spacial score (nSPS) is 16.8. The van der Waals surface area contributed by atoms with Gasteiger partial charge >= 0.3 is 0 Å². The first-order valence-corrected chi connectivity index (χ1v) is 6.96. The second-order valence-electron chi connectivity index (χ2n) is 5.25. The molecule has 1 aliphatic rings. The van der Waals surface area contributed by atoms with Crippen LogP contribution in [0.5, 0.6) is 0 Å². The zero-order valence-corrected chi connectivity index (χ0v) is 11.2. The Kier molecular flexibility index (Phi) is 4.48. The largest absolute Gasteiger partial charge is 0.399 e. The van der Waals surface area contributed by atoms with Crippen LogP contribution in [0.15, 0.2) is 18.2 Å². The number of aliphatic hydroxyl groups is 1. The topological polar surface area (TPSA) is 49.5 Å². The van der Waals surface area contributed by atoms with E-state index in [9.17, 15) is 5.11 Å². The average Bonchev–Trinajstić information content (AvgIpc) is 2.38. The molecule has 1 saturated carbocycles. The second kappa shape index (κ2) is 6.10. The van der Waals surface area contributed by atoms with E-state index in [0.717, 1.165) is 12.2 Å². The number of rotatable bonds is 4. The van der Waals surface area contributed by atoms with Crippen molar-refractivity contribution < 1.29 is 5.11 Å². The highest BCUT2D eigenvalue weighted by molar-refractivity contribution is 5.59. The van der Waals surface area contributed by atoms with Crippen LogP contribution in [0.1, 0.15) is 37.7 Å². The molecule has 0 saturated heterocycles. The quantitative estimate of drug-likeness (QED) is 0.805. The number of anilines is 2. The molecule has 0 amide bonds. The molecule has 1 aromatic carbocycles. The van der Waals surface area contributed by atoms with Gasteiger partial charge in [0.1, 0.15) is 0 Å². The van der Waals surface area contributed by atoms with Gasteiger partial charge in [0.2, 0.25) is 0 Å². The molecule has 0 atom stereocenters. The summed E-state index contributed by atoms with van der Waals surface area (Å²) in [6.07, 6.45) is 6.44. The van der Waals surface area contributed by atoms with E-state index in [0.29, 0.717) is 6.04 Å². The van der Waals surface area contributed by atoms with Gasteiger partial charge in [0.15, 0.2) is 0 Å². The van der Waals surface area contributed by atoms with Crippen LogP contribution in [-0.4, -0.2) is 24.3 Å². The van der Waals surface area contributed by atoms with Crippen LogP contribution in [0.2, 0.25) is 0 Å². The van der Waals surface area contributed by atoms with Crippen molar-refractivity contribution in [1.82, 2.24) is 0 Å². The second-order valence-corrected chi connectivity index (χ2v) is 5.25. The van der Waals surface area contributed by atoms with Crippen molar-refractivity contribution in [3.05, 3.63) is 23.8 Å². The Morgan fingerprint density at radius 3 is 2.61 bits per heavy atom. The summed E-state index contributed by atoms with van der Waals surface area (Å²) in [7, 11) is 0. The van der Waals surface area contributed by atoms with Crippen molar-refractivity contribution in [1.29, 1.82) is 0 Å². The number of benzene rings is 1. The Balaban J connectivity index is 2.22. The predicted molar refractivity (Wildman–Crippen MR) is 76.9 cm³/mol. The molecule has 0 aliphatic heterocycles. The molecule has 0 aromatic heterocycles. The van der Waals surface area contributed by atoms with Crippen LogP contribution in [0.25, 0.3) is 0 Å². The first-order valence-electron chi connectivity index (χ1n) is 6.96. The van der Waals surface area contributed by atoms with Crippen LogP contribution in [0.3, 0.4) is 0 Å². The SMILES string of the molecule is Cc1cc(N)ccc1N(CCO)C1CCCCC1. The molecule has 0 spiro atoms. The molecular weight excluding hydrogens is 224 g/mol. The average molecular weight is 248 g/mol. The van der Waals surface area contributed by atoms with Crippen molar-refractivity contribution >= 4 is 11.4 Å². The van der Waals surface area contributed by atoms with Crippen molar-refractivity contribution in [2.24, 2.45) is 0 Å². The minimum Gasteiger partial charge on any atom is -0.399 e. The maximum Gasteiger partial charge on any atom is 0.0606 e. The monoisotopic (exact) mass is 248 g/mol. The minimum absolute atomic E-state index is 0.209. The van der Waals surface area contributed by atoms with Crippen LogP contribution in [-0.2, 0) is 0 Å². The number of nitrogen functional groups attached to an aromatic ring is 1. The summed E-state index contributed by atoms with van der Waals surface area (Å²) in [5, 5.41) is 9.31. The fourth-order valence-corrected chi connectivity index (χ4v) is 3.00. The first-order chi connectivity index (χ1) is 8.72. The van der Waals surface area contributed by atoms with E-state index in [4.69, 9.17) is 5.73 Å². The molecule has 100 valence electrons. The highest BCUT2D eigenvalue weighted by atomic mass is 16.3. The summed E-state index contributed by atoms with van der Waals surface area (Å²) in [6.45, 7) is 3.02. The molecule has 1 fully saturated rings. The number of hydrogen-bond donors (Lipinski definition) is 2. The smallest absolute Gasteiger partial charge is 0.0606 e. The van der Waals surface area contributed by atoms with E-state index >= 15 is 0 Å². The molecule has 1 aromatic rings. The number of nitrogens with two attached hydrogens (primary N) is 1. The minimum atomic E-state index is 0.209. The third-order valence-corrected chi connectivity index (χ3v) is 3.89. The van der Waals surface area contributed by atoms with Gasteiger partial charge in [-0.3, -0.25) is 0 Å². The van der Waals surface area contributed by atoms with E-state index < -0.39 is 0 Å². The zero-order chi connectivity index (χ0) is 13.0. The molecule has 0 radical (unpaired) electrons. The van der Waals surface area contributed by atoms with Gasteiger partial charge in [0.05, 0.1) is 6.61 Å². The Bertz CT molecular complexity index is 386. The van der Waals surface area contributed by atoms with E-state index in [1.54, 1.807) is 0 Å². The van der Waals surface area contributed by atoms with Gasteiger partial charge in [0, 0.05) is 24.0 Å². The zero-order valence-electron chi connectivity index (χ0n) is 11.2. The van der Waals surface area contributed by atoms with Crippen molar-refractivity contribution in [2.45, 2.75) is 45.1 Å². The summed E-state index contributed by atoms with van der Waals surface area (Å²) in [6, 6.07) is 6.64. The number of aliphatic hydroxyl groups excluding tert-OH is 1. The van der Waals surface area contributed by atoms with Gasteiger partial charge in [-0.1, -0.05) is 19.3 Å². The van der Waals surface area contributed by atoms with Crippen LogP contribution >= 0.6 is 0 Å². The van der Waals surface area contributed by atoms with Crippen LogP contribution in [0.4, 0.5) is 11.4 Å². The van der Waals surface area contributed by atoms with Gasteiger partial charge in [-0.2, -0.15) is 0 Å². The van der Waals surface area contributed by atoms with E-state index in [1.807, 2.05) is 12.1 Å². The molecular formula is C15H24N2O. The van der Waals surface area contributed by atoms with Gasteiger partial charge < -0.3 is 15.7 Å². The lowest BCUT2D eigenvalue weighted by atomic mass is 9.93. The molecule has 3 nitrogen and oxygen atoms in total. The summed E-state index contributed by atoms with van der Waals surface area (Å²) >= 11 is 0. The van der Waals surface area contributed by atoms with Gasteiger partial charge in [-0.05, 0) is 43.5 Å². The van der Waals surface area contributed by atoms with Gasteiger partial charge in [0.25, 0.3) is 0 Å². The Hall–Kier alpha value is -1.22. The van der Waals surface area contributed by atoms with Crippen LogP contribution in [0, 0.1) is 6.92 Å². The summed E-state index contributed by atoms with van der Waals surface area (Å²) in [4.78, 5) is 2.37.